The molecule has 23 heavy (non-hydrogen) atoms. The van der Waals surface area contributed by atoms with E-state index in [9.17, 15) is 5.26 Å². The standard InChI is InChI=1S/C19H24N4/c1-11(2)16-12(3)22-18(23-17(16)21)15-8-7-14(19(4,5)6)9-13(15)10-20/h7-9,11H,1-6H3,(H2,21,22,23). The van der Waals surface area contributed by atoms with Crippen LogP contribution in [-0.4, -0.2) is 9.97 Å². The van der Waals surface area contributed by atoms with Crippen molar-refractivity contribution >= 4 is 5.82 Å². The number of aromatic nitrogens is 2. The zero-order chi connectivity index (χ0) is 17.4. The molecule has 0 amide bonds. The van der Waals surface area contributed by atoms with Gasteiger partial charge in [0.15, 0.2) is 5.82 Å². The summed E-state index contributed by atoms with van der Waals surface area (Å²) in [5.41, 5.74) is 10.4. The third-order valence-electron chi connectivity index (χ3n) is 3.99. The number of hydrogen-bond donors (Lipinski definition) is 1. The highest BCUT2D eigenvalue weighted by Gasteiger charge is 2.19. The molecular weight excluding hydrogens is 284 g/mol. The Labute approximate surface area is 138 Å². The third-order valence-corrected chi connectivity index (χ3v) is 3.99. The van der Waals surface area contributed by atoms with Crippen LogP contribution in [0.1, 0.15) is 62.9 Å². The summed E-state index contributed by atoms with van der Waals surface area (Å²) >= 11 is 0. The van der Waals surface area contributed by atoms with Gasteiger partial charge in [0.2, 0.25) is 0 Å². The molecule has 1 aromatic heterocycles. The first kappa shape index (κ1) is 17.0. The van der Waals surface area contributed by atoms with Gasteiger partial charge in [-0.25, -0.2) is 9.97 Å². The molecule has 0 aliphatic rings. The lowest BCUT2D eigenvalue weighted by atomic mass is 9.85. The molecule has 2 aromatic rings. The zero-order valence-electron chi connectivity index (χ0n) is 14.7. The largest absolute Gasteiger partial charge is 0.383 e. The molecule has 0 aliphatic heterocycles. The van der Waals surface area contributed by atoms with E-state index in [1.54, 1.807) is 0 Å². The Morgan fingerprint density at radius 2 is 1.83 bits per heavy atom. The van der Waals surface area contributed by atoms with Crippen molar-refractivity contribution in [3.8, 4) is 17.5 Å². The van der Waals surface area contributed by atoms with E-state index in [4.69, 9.17) is 5.73 Å². The molecule has 0 atom stereocenters. The zero-order valence-corrected chi connectivity index (χ0v) is 14.7. The van der Waals surface area contributed by atoms with Gasteiger partial charge in [-0.3, -0.25) is 0 Å². The van der Waals surface area contributed by atoms with E-state index >= 15 is 0 Å². The molecule has 0 saturated carbocycles. The topological polar surface area (TPSA) is 75.6 Å². The van der Waals surface area contributed by atoms with Crippen LogP contribution < -0.4 is 5.73 Å². The highest BCUT2D eigenvalue weighted by molar-refractivity contribution is 5.67. The van der Waals surface area contributed by atoms with Gasteiger partial charge in [-0.1, -0.05) is 40.7 Å². The van der Waals surface area contributed by atoms with Gasteiger partial charge in [-0.15, -0.1) is 0 Å². The fourth-order valence-corrected chi connectivity index (χ4v) is 2.74. The first-order chi connectivity index (χ1) is 10.6. The first-order valence-electron chi connectivity index (χ1n) is 7.84. The number of benzene rings is 1. The predicted molar refractivity (Wildman–Crippen MR) is 94.1 cm³/mol. The monoisotopic (exact) mass is 308 g/mol. The SMILES string of the molecule is Cc1nc(-c2ccc(C(C)(C)C)cc2C#N)nc(N)c1C(C)C. The van der Waals surface area contributed by atoms with Crippen molar-refractivity contribution in [2.75, 3.05) is 5.73 Å². The minimum atomic E-state index is -0.0125. The lowest BCUT2D eigenvalue weighted by Crippen LogP contribution is -2.12. The van der Waals surface area contributed by atoms with Crippen LogP contribution in [0.25, 0.3) is 11.4 Å². The van der Waals surface area contributed by atoms with Gasteiger partial charge < -0.3 is 5.73 Å². The van der Waals surface area contributed by atoms with Crippen LogP contribution in [0.5, 0.6) is 0 Å². The van der Waals surface area contributed by atoms with E-state index in [0.717, 1.165) is 22.4 Å². The molecule has 0 unspecified atom stereocenters. The number of nitrogens with two attached hydrogens (primary N) is 1. The summed E-state index contributed by atoms with van der Waals surface area (Å²) in [5.74, 6) is 1.27. The Balaban J connectivity index is 2.62. The second-order valence-electron chi connectivity index (χ2n) is 7.21. The van der Waals surface area contributed by atoms with Crippen molar-refractivity contribution in [1.82, 2.24) is 9.97 Å². The number of nitrogen functional groups attached to an aromatic ring is 1. The maximum Gasteiger partial charge on any atom is 0.163 e. The lowest BCUT2D eigenvalue weighted by Gasteiger charge is -2.20. The van der Waals surface area contributed by atoms with Gasteiger partial charge in [0.05, 0.1) is 11.6 Å². The number of aryl methyl sites for hydroxylation is 1. The molecule has 0 fully saturated rings. The van der Waals surface area contributed by atoms with Gasteiger partial charge in [0, 0.05) is 16.8 Å². The number of anilines is 1. The maximum absolute atomic E-state index is 9.51. The summed E-state index contributed by atoms with van der Waals surface area (Å²) in [6.07, 6.45) is 0. The van der Waals surface area contributed by atoms with Crippen LogP contribution in [0.2, 0.25) is 0 Å². The van der Waals surface area contributed by atoms with Crippen molar-refractivity contribution in [1.29, 1.82) is 5.26 Å². The van der Waals surface area contributed by atoms with E-state index in [2.05, 4.69) is 50.7 Å². The fraction of sp³-hybridized carbons (Fsp3) is 0.421. The second kappa shape index (κ2) is 6.00. The van der Waals surface area contributed by atoms with Crippen molar-refractivity contribution < 1.29 is 0 Å². The third kappa shape index (κ3) is 3.34. The van der Waals surface area contributed by atoms with Gasteiger partial charge in [-0.2, -0.15) is 5.26 Å². The van der Waals surface area contributed by atoms with Gasteiger partial charge in [0.1, 0.15) is 5.82 Å². The average Bonchev–Trinajstić information content (AvgIpc) is 2.44. The van der Waals surface area contributed by atoms with Crippen molar-refractivity contribution in [3.63, 3.8) is 0 Å². The van der Waals surface area contributed by atoms with Gasteiger partial charge in [-0.05, 0) is 36.0 Å². The number of rotatable bonds is 2. The van der Waals surface area contributed by atoms with Gasteiger partial charge in [0.25, 0.3) is 0 Å². The van der Waals surface area contributed by atoms with E-state index < -0.39 is 0 Å². The Kier molecular flexibility index (Phi) is 4.42. The summed E-state index contributed by atoms with van der Waals surface area (Å²) in [7, 11) is 0. The van der Waals surface area contributed by atoms with Crippen LogP contribution in [0.4, 0.5) is 5.82 Å². The van der Waals surface area contributed by atoms with E-state index in [1.807, 2.05) is 25.1 Å². The Morgan fingerprint density at radius 1 is 1.17 bits per heavy atom. The molecule has 1 heterocycles. The van der Waals surface area contributed by atoms with Crippen LogP contribution in [0, 0.1) is 18.3 Å². The lowest BCUT2D eigenvalue weighted by molar-refractivity contribution is 0.590. The molecule has 4 heteroatoms. The van der Waals surface area contributed by atoms with Crippen molar-refractivity contribution in [2.45, 2.75) is 52.9 Å². The summed E-state index contributed by atoms with van der Waals surface area (Å²) in [6, 6.07) is 8.13. The fourth-order valence-electron chi connectivity index (χ4n) is 2.74. The summed E-state index contributed by atoms with van der Waals surface area (Å²) in [5, 5.41) is 9.51. The molecule has 1 aromatic carbocycles. The number of nitrogens with zero attached hydrogens (tertiary/aromatic N) is 3. The molecule has 4 nitrogen and oxygen atoms in total. The first-order valence-corrected chi connectivity index (χ1v) is 7.84. The molecule has 0 bridgehead atoms. The summed E-state index contributed by atoms with van der Waals surface area (Å²) in [4.78, 5) is 9.03. The van der Waals surface area contributed by atoms with Crippen molar-refractivity contribution in [3.05, 3.63) is 40.6 Å². The van der Waals surface area contributed by atoms with Crippen LogP contribution in [0.3, 0.4) is 0 Å². The number of nitriles is 1. The van der Waals surface area contributed by atoms with Crippen LogP contribution >= 0.6 is 0 Å². The molecule has 0 radical (unpaired) electrons. The van der Waals surface area contributed by atoms with Crippen LogP contribution in [0.15, 0.2) is 18.2 Å². The summed E-state index contributed by atoms with van der Waals surface area (Å²) < 4.78 is 0. The van der Waals surface area contributed by atoms with E-state index in [0.29, 0.717) is 17.2 Å². The molecule has 2 N–H and O–H groups in total. The van der Waals surface area contributed by atoms with E-state index in [-0.39, 0.29) is 11.3 Å². The minimum Gasteiger partial charge on any atom is -0.383 e. The molecule has 120 valence electrons. The summed E-state index contributed by atoms with van der Waals surface area (Å²) in [6.45, 7) is 12.4. The molecule has 2 rings (SSSR count). The minimum absolute atomic E-state index is 0.0125. The van der Waals surface area contributed by atoms with Crippen molar-refractivity contribution in [2.24, 2.45) is 0 Å². The number of hydrogen-bond acceptors (Lipinski definition) is 4. The van der Waals surface area contributed by atoms with Crippen LogP contribution in [-0.2, 0) is 5.41 Å². The van der Waals surface area contributed by atoms with E-state index in [1.165, 1.54) is 0 Å². The normalized spacial score (nSPS) is 11.6. The molecule has 0 saturated heterocycles. The highest BCUT2D eigenvalue weighted by atomic mass is 15.0. The molecule has 0 aliphatic carbocycles. The Hall–Kier alpha value is -2.41. The maximum atomic E-state index is 9.51. The molecule has 0 spiro atoms. The highest BCUT2D eigenvalue weighted by Crippen LogP contribution is 2.30. The smallest absolute Gasteiger partial charge is 0.163 e. The quantitative estimate of drug-likeness (QED) is 0.896. The predicted octanol–water partition coefficient (Wildman–Crippen LogP) is 4.33. The Morgan fingerprint density at radius 3 is 2.30 bits per heavy atom. The Bertz CT molecular complexity index is 754. The average molecular weight is 308 g/mol. The molecular formula is C19H24N4. The van der Waals surface area contributed by atoms with Gasteiger partial charge >= 0.3 is 0 Å². The second-order valence-corrected chi connectivity index (χ2v) is 7.21.